The Morgan fingerprint density at radius 1 is 1.12 bits per heavy atom. The van der Waals surface area contributed by atoms with Crippen LogP contribution in [0.25, 0.3) is 16.9 Å². The van der Waals surface area contributed by atoms with Gasteiger partial charge in [-0.2, -0.15) is 5.10 Å². The van der Waals surface area contributed by atoms with Gasteiger partial charge in [-0.25, -0.2) is 13.9 Å². The van der Waals surface area contributed by atoms with Gasteiger partial charge in [-0.3, -0.25) is 4.79 Å². The van der Waals surface area contributed by atoms with E-state index in [1.54, 1.807) is 24.8 Å². The van der Waals surface area contributed by atoms with Gasteiger partial charge in [-0.1, -0.05) is 15.9 Å². The zero-order valence-corrected chi connectivity index (χ0v) is 20.9. The highest BCUT2D eigenvalue weighted by Gasteiger charge is 2.17. The Balaban J connectivity index is 1.58. The van der Waals surface area contributed by atoms with Gasteiger partial charge in [0.05, 0.1) is 25.6 Å². The summed E-state index contributed by atoms with van der Waals surface area (Å²) in [4.78, 5) is 17.2. The van der Waals surface area contributed by atoms with E-state index in [0.29, 0.717) is 28.0 Å². The summed E-state index contributed by atoms with van der Waals surface area (Å²) in [5.74, 6) is 0.577. The zero-order valence-electron chi connectivity index (χ0n) is 19.3. The van der Waals surface area contributed by atoms with E-state index in [1.165, 1.54) is 12.1 Å². The third kappa shape index (κ3) is 4.75. The minimum absolute atomic E-state index is 0.153. The second-order valence-corrected chi connectivity index (χ2v) is 8.71. The number of amides is 1. The van der Waals surface area contributed by atoms with Crippen LogP contribution in [0.5, 0.6) is 11.5 Å². The van der Waals surface area contributed by atoms with E-state index in [1.807, 2.05) is 38.1 Å². The first-order valence-corrected chi connectivity index (χ1v) is 11.4. The predicted octanol–water partition coefficient (Wildman–Crippen LogP) is 5.50. The highest BCUT2D eigenvalue weighted by molar-refractivity contribution is 9.10. The maximum absolute atomic E-state index is 14.0. The van der Waals surface area contributed by atoms with Crippen molar-refractivity contribution in [2.24, 2.45) is 0 Å². The number of fused-ring (bicyclic) bond motifs is 1. The lowest BCUT2D eigenvalue weighted by molar-refractivity contribution is -0.116. The summed E-state index contributed by atoms with van der Waals surface area (Å²) >= 11 is 3.21. The number of halogens is 2. The van der Waals surface area contributed by atoms with Crippen molar-refractivity contribution in [3.63, 3.8) is 0 Å². The number of hydrogen-bond acceptors (Lipinski definition) is 5. The highest BCUT2D eigenvalue weighted by Crippen LogP contribution is 2.33. The average Bonchev–Trinajstić information content (AvgIpc) is 3.24. The Bertz CT molecular complexity index is 1390. The third-order valence-corrected chi connectivity index (χ3v) is 6.15. The van der Waals surface area contributed by atoms with Crippen LogP contribution < -0.4 is 14.8 Å². The largest absolute Gasteiger partial charge is 0.497 e. The Hall–Kier alpha value is -3.46. The number of anilines is 1. The lowest BCUT2D eigenvalue weighted by Crippen LogP contribution is -2.15. The number of nitrogens with one attached hydrogen (secondary N) is 1. The molecule has 4 aromatic rings. The number of aromatic nitrogens is 3. The van der Waals surface area contributed by atoms with Gasteiger partial charge in [-0.05, 0) is 56.2 Å². The maximum atomic E-state index is 14.0. The molecule has 2 aromatic carbocycles. The summed E-state index contributed by atoms with van der Waals surface area (Å²) in [5.41, 5.74) is 5.03. The molecule has 176 valence electrons. The van der Waals surface area contributed by atoms with Crippen molar-refractivity contribution in [3.8, 4) is 22.8 Å². The Kier molecular flexibility index (Phi) is 6.83. The molecule has 0 unspecified atom stereocenters. The molecule has 1 amide bonds. The molecule has 0 aliphatic rings. The van der Waals surface area contributed by atoms with Crippen molar-refractivity contribution < 1.29 is 18.7 Å². The standard InChI is InChI=1S/C25H24BrFN4O3/c1-14-18(8-10-25(32)29-21-9-5-16(26)11-20(21)27)15(2)31-24(28-14)13-22(30-31)19-7-6-17(33-3)12-23(19)34-4/h5-7,9,11-13H,8,10H2,1-4H3,(H,29,32). The molecule has 2 aromatic heterocycles. The van der Waals surface area contributed by atoms with Crippen LogP contribution in [-0.4, -0.2) is 34.7 Å². The summed E-state index contributed by atoms with van der Waals surface area (Å²) in [6.07, 6.45) is 0.635. The molecule has 7 nitrogen and oxygen atoms in total. The minimum atomic E-state index is -0.490. The summed E-state index contributed by atoms with van der Waals surface area (Å²) in [7, 11) is 3.21. The first-order valence-electron chi connectivity index (χ1n) is 10.6. The molecule has 4 rings (SSSR count). The van der Waals surface area contributed by atoms with Gasteiger partial charge in [0.1, 0.15) is 17.3 Å². The van der Waals surface area contributed by atoms with Crippen molar-refractivity contribution in [1.82, 2.24) is 14.6 Å². The van der Waals surface area contributed by atoms with Crippen molar-refractivity contribution in [1.29, 1.82) is 0 Å². The van der Waals surface area contributed by atoms with Crippen LogP contribution in [0, 0.1) is 19.7 Å². The van der Waals surface area contributed by atoms with Crippen LogP contribution in [0.15, 0.2) is 46.9 Å². The normalized spacial score (nSPS) is 11.0. The van der Waals surface area contributed by atoms with Gasteiger partial charge < -0.3 is 14.8 Å². The Labute approximate surface area is 205 Å². The topological polar surface area (TPSA) is 77.8 Å². The van der Waals surface area contributed by atoms with Gasteiger partial charge in [0.15, 0.2) is 5.65 Å². The molecule has 0 aliphatic carbocycles. The highest BCUT2D eigenvalue weighted by atomic mass is 79.9. The molecule has 0 aliphatic heterocycles. The Morgan fingerprint density at radius 3 is 2.62 bits per heavy atom. The first kappa shape index (κ1) is 23.7. The van der Waals surface area contributed by atoms with Crippen molar-refractivity contribution in [3.05, 3.63) is 69.7 Å². The van der Waals surface area contributed by atoms with E-state index in [0.717, 1.165) is 28.2 Å². The molecule has 0 bridgehead atoms. The van der Waals surface area contributed by atoms with Gasteiger partial charge in [0, 0.05) is 40.0 Å². The molecule has 34 heavy (non-hydrogen) atoms. The molecule has 2 heterocycles. The van der Waals surface area contributed by atoms with E-state index in [-0.39, 0.29) is 18.0 Å². The van der Waals surface area contributed by atoms with Gasteiger partial charge in [0.25, 0.3) is 0 Å². The summed E-state index contributed by atoms with van der Waals surface area (Å²) < 4.78 is 27.2. The average molecular weight is 527 g/mol. The molecular weight excluding hydrogens is 503 g/mol. The molecular formula is C25H24BrFN4O3. The number of rotatable bonds is 7. The van der Waals surface area contributed by atoms with Crippen LogP contribution in [0.2, 0.25) is 0 Å². The summed E-state index contributed by atoms with van der Waals surface area (Å²) in [6.45, 7) is 3.86. The first-order chi connectivity index (χ1) is 16.3. The SMILES string of the molecule is COc1ccc(-c2cc3nc(C)c(CCC(=O)Nc4ccc(Br)cc4F)c(C)n3n2)c(OC)c1. The van der Waals surface area contributed by atoms with Crippen molar-refractivity contribution >= 4 is 33.2 Å². The lowest BCUT2D eigenvalue weighted by Gasteiger charge is -2.11. The van der Waals surface area contributed by atoms with E-state index < -0.39 is 5.82 Å². The molecule has 9 heteroatoms. The van der Waals surface area contributed by atoms with Gasteiger partial charge in [-0.15, -0.1) is 0 Å². The fourth-order valence-corrected chi connectivity index (χ4v) is 4.21. The number of aryl methyl sites for hydroxylation is 2. The molecule has 1 N–H and O–H groups in total. The smallest absolute Gasteiger partial charge is 0.224 e. The van der Waals surface area contributed by atoms with Gasteiger partial charge >= 0.3 is 0 Å². The minimum Gasteiger partial charge on any atom is -0.497 e. The number of benzene rings is 2. The van der Waals surface area contributed by atoms with Crippen molar-refractivity contribution in [2.45, 2.75) is 26.7 Å². The monoisotopic (exact) mass is 526 g/mol. The second-order valence-electron chi connectivity index (χ2n) is 7.80. The molecule has 0 radical (unpaired) electrons. The predicted molar refractivity (Wildman–Crippen MR) is 132 cm³/mol. The number of carbonyl (C=O) groups excluding carboxylic acids is 1. The molecule has 0 fully saturated rings. The van der Waals surface area contributed by atoms with Crippen LogP contribution in [0.4, 0.5) is 10.1 Å². The van der Waals surface area contributed by atoms with Crippen LogP contribution in [-0.2, 0) is 11.2 Å². The third-order valence-electron chi connectivity index (χ3n) is 5.66. The van der Waals surface area contributed by atoms with E-state index in [9.17, 15) is 9.18 Å². The van der Waals surface area contributed by atoms with E-state index in [4.69, 9.17) is 19.6 Å². The lowest BCUT2D eigenvalue weighted by atomic mass is 10.1. The second kappa shape index (κ2) is 9.80. The fourth-order valence-electron chi connectivity index (χ4n) is 3.87. The fraction of sp³-hybridized carbons (Fsp3) is 0.240. The summed E-state index contributed by atoms with van der Waals surface area (Å²) in [6, 6.07) is 12.0. The molecule has 0 saturated carbocycles. The Morgan fingerprint density at radius 2 is 1.91 bits per heavy atom. The number of ether oxygens (including phenoxy) is 2. The number of nitrogens with zero attached hydrogens (tertiary/aromatic N) is 3. The quantitative estimate of drug-likeness (QED) is 0.343. The van der Waals surface area contributed by atoms with E-state index in [2.05, 4.69) is 21.2 Å². The van der Waals surface area contributed by atoms with Crippen LogP contribution >= 0.6 is 15.9 Å². The van der Waals surface area contributed by atoms with E-state index >= 15 is 0 Å². The number of carbonyl (C=O) groups is 1. The van der Waals surface area contributed by atoms with Crippen LogP contribution in [0.1, 0.15) is 23.4 Å². The summed E-state index contributed by atoms with van der Waals surface area (Å²) in [5, 5.41) is 7.37. The maximum Gasteiger partial charge on any atom is 0.224 e. The molecule has 0 spiro atoms. The molecule has 0 saturated heterocycles. The number of hydrogen-bond donors (Lipinski definition) is 1. The van der Waals surface area contributed by atoms with Crippen LogP contribution in [0.3, 0.4) is 0 Å². The molecule has 0 atom stereocenters. The zero-order chi connectivity index (χ0) is 24.4. The number of methoxy groups -OCH3 is 2. The van der Waals surface area contributed by atoms with Gasteiger partial charge in [0.2, 0.25) is 5.91 Å². The van der Waals surface area contributed by atoms with Crippen molar-refractivity contribution in [2.75, 3.05) is 19.5 Å².